The fraction of sp³-hybridized carbons (Fsp3) is 0.238. The number of nitrogens with zero attached hydrogens (tertiary/aromatic N) is 1. The molecule has 28 heavy (non-hydrogen) atoms. The van der Waals surface area contributed by atoms with Crippen molar-refractivity contribution in [2.24, 2.45) is 0 Å². The van der Waals surface area contributed by atoms with Crippen molar-refractivity contribution < 1.29 is 22.8 Å². The Balaban J connectivity index is 1.79. The van der Waals surface area contributed by atoms with Gasteiger partial charge in [-0.3, -0.25) is 4.79 Å². The van der Waals surface area contributed by atoms with Crippen LogP contribution in [0.2, 0.25) is 0 Å². The fourth-order valence-corrected chi connectivity index (χ4v) is 2.75. The molecule has 2 aromatic carbocycles. The van der Waals surface area contributed by atoms with Crippen molar-refractivity contribution in [1.82, 2.24) is 5.16 Å². The van der Waals surface area contributed by atoms with E-state index in [2.05, 4.69) is 10.5 Å². The molecule has 0 saturated carbocycles. The summed E-state index contributed by atoms with van der Waals surface area (Å²) >= 11 is 0. The normalized spacial score (nSPS) is 10.8. The van der Waals surface area contributed by atoms with Gasteiger partial charge in [0.15, 0.2) is 11.6 Å². The lowest BCUT2D eigenvalue weighted by Gasteiger charge is -2.12. The molecule has 0 spiro atoms. The number of halogens is 2. The number of nitrogens with one attached hydrogen (secondary N) is 1. The maximum Gasteiger partial charge on any atom is 0.258 e. The summed E-state index contributed by atoms with van der Waals surface area (Å²) in [4.78, 5) is 12.4. The minimum absolute atomic E-state index is 0.0223. The van der Waals surface area contributed by atoms with Crippen molar-refractivity contribution in [3.8, 4) is 5.75 Å². The van der Waals surface area contributed by atoms with E-state index in [9.17, 15) is 13.6 Å². The molecule has 3 rings (SSSR count). The Hall–Kier alpha value is -3.22. The molecule has 0 bridgehead atoms. The van der Waals surface area contributed by atoms with Crippen molar-refractivity contribution in [2.75, 3.05) is 5.32 Å². The van der Waals surface area contributed by atoms with Gasteiger partial charge in [0.1, 0.15) is 12.4 Å². The van der Waals surface area contributed by atoms with Crippen LogP contribution in [0.1, 0.15) is 38.5 Å². The minimum Gasteiger partial charge on any atom is -0.486 e. The Morgan fingerprint density at radius 2 is 1.86 bits per heavy atom. The number of carbonyl (C=O) groups excluding carboxylic acids is 1. The van der Waals surface area contributed by atoms with Gasteiger partial charge in [0.25, 0.3) is 5.91 Å². The largest absolute Gasteiger partial charge is 0.486 e. The molecule has 1 heterocycles. The summed E-state index contributed by atoms with van der Waals surface area (Å²) in [6.45, 7) is 7.15. The quantitative estimate of drug-likeness (QED) is 0.669. The Morgan fingerprint density at radius 1 is 1.11 bits per heavy atom. The molecular weight excluding hydrogens is 366 g/mol. The molecule has 146 valence electrons. The zero-order valence-electron chi connectivity index (χ0n) is 16.0. The van der Waals surface area contributed by atoms with Gasteiger partial charge in [0, 0.05) is 5.69 Å². The standard InChI is InChI=1S/C21H20F2N2O3/c1-11-6-5-7-17(12(11)2)24-21(26)15-8-9-18(20(23)19(15)22)27-10-16-13(3)25-28-14(16)4/h5-9H,10H2,1-4H3,(H,24,26). The first-order valence-corrected chi connectivity index (χ1v) is 8.69. The predicted octanol–water partition coefficient (Wildman–Crippen LogP) is 5.02. The van der Waals surface area contributed by atoms with E-state index in [1.54, 1.807) is 26.0 Å². The van der Waals surface area contributed by atoms with Crippen LogP contribution in [-0.2, 0) is 6.61 Å². The van der Waals surface area contributed by atoms with Crippen LogP contribution in [0.4, 0.5) is 14.5 Å². The number of aryl methyl sites for hydroxylation is 3. The average molecular weight is 386 g/mol. The maximum atomic E-state index is 14.5. The third-order valence-electron chi connectivity index (χ3n) is 4.70. The number of hydrogen-bond donors (Lipinski definition) is 1. The molecule has 3 aromatic rings. The Kier molecular flexibility index (Phi) is 5.44. The van der Waals surface area contributed by atoms with Gasteiger partial charge in [0.05, 0.1) is 16.8 Å². The molecule has 0 aliphatic carbocycles. The van der Waals surface area contributed by atoms with Crippen LogP contribution in [0.3, 0.4) is 0 Å². The molecule has 5 nitrogen and oxygen atoms in total. The number of hydrogen-bond acceptors (Lipinski definition) is 4. The van der Waals surface area contributed by atoms with E-state index in [0.29, 0.717) is 22.7 Å². The van der Waals surface area contributed by atoms with E-state index in [1.807, 2.05) is 19.9 Å². The number of ether oxygens (including phenoxy) is 1. The number of carbonyl (C=O) groups is 1. The molecule has 7 heteroatoms. The van der Waals surface area contributed by atoms with Gasteiger partial charge in [-0.05, 0) is 57.0 Å². The highest BCUT2D eigenvalue weighted by Crippen LogP contribution is 2.26. The lowest BCUT2D eigenvalue weighted by Crippen LogP contribution is -2.16. The van der Waals surface area contributed by atoms with Crippen LogP contribution >= 0.6 is 0 Å². The summed E-state index contributed by atoms with van der Waals surface area (Å²) in [5, 5.41) is 6.40. The third-order valence-corrected chi connectivity index (χ3v) is 4.70. The maximum absolute atomic E-state index is 14.5. The second-order valence-corrected chi connectivity index (χ2v) is 6.53. The summed E-state index contributed by atoms with van der Waals surface area (Å²) in [7, 11) is 0. The lowest BCUT2D eigenvalue weighted by atomic mass is 10.1. The van der Waals surface area contributed by atoms with Crippen LogP contribution in [0.15, 0.2) is 34.9 Å². The summed E-state index contributed by atoms with van der Waals surface area (Å²) < 4.78 is 39.3. The molecule has 0 radical (unpaired) electrons. The van der Waals surface area contributed by atoms with Crippen LogP contribution in [-0.4, -0.2) is 11.1 Å². The van der Waals surface area contributed by atoms with Gasteiger partial charge in [-0.25, -0.2) is 4.39 Å². The Labute approximate surface area is 161 Å². The van der Waals surface area contributed by atoms with Gasteiger partial charge in [-0.1, -0.05) is 17.3 Å². The van der Waals surface area contributed by atoms with Crippen LogP contribution in [0.25, 0.3) is 0 Å². The van der Waals surface area contributed by atoms with E-state index >= 15 is 0 Å². The van der Waals surface area contributed by atoms with E-state index < -0.39 is 23.1 Å². The van der Waals surface area contributed by atoms with Crippen molar-refractivity contribution in [3.63, 3.8) is 0 Å². The SMILES string of the molecule is Cc1cccc(NC(=O)c2ccc(OCc3c(C)noc3C)c(F)c2F)c1C. The second kappa shape index (κ2) is 7.80. The summed E-state index contributed by atoms with van der Waals surface area (Å²) in [5.41, 5.74) is 3.26. The fourth-order valence-electron chi connectivity index (χ4n) is 2.75. The topological polar surface area (TPSA) is 64.4 Å². The molecule has 0 atom stereocenters. The van der Waals surface area contributed by atoms with E-state index in [1.165, 1.54) is 12.1 Å². The molecule has 0 aliphatic rings. The average Bonchev–Trinajstić information content (AvgIpc) is 2.98. The van der Waals surface area contributed by atoms with Gasteiger partial charge in [0.2, 0.25) is 5.82 Å². The summed E-state index contributed by atoms with van der Waals surface area (Å²) in [5.74, 6) is -2.97. The first-order chi connectivity index (χ1) is 13.3. The van der Waals surface area contributed by atoms with Crippen LogP contribution < -0.4 is 10.1 Å². The molecule has 1 aromatic heterocycles. The molecule has 1 N–H and O–H groups in total. The summed E-state index contributed by atoms with van der Waals surface area (Å²) in [6.07, 6.45) is 0. The van der Waals surface area contributed by atoms with Gasteiger partial charge in [-0.15, -0.1) is 0 Å². The second-order valence-electron chi connectivity index (χ2n) is 6.53. The van der Waals surface area contributed by atoms with Crippen molar-refractivity contribution >= 4 is 11.6 Å². The van der Waals surface area contributed by atoms with E-state index in [0.717, 1.165) is 11.1 Å². The number of rotatable bonds is 5. The molecule has 0 aliphatic heterocycles. The predicted molar refractivity (Wildman–Crippen MR) is 101 cm³/mol. The first-order valence-electron chi connectivity index (χ1n) is 8.69. The minimum atomic E-state index is -1.26. The smallest absolute Gasteiger partial charge is 0.258 e. The number of benzene rings is 2. The zero-order valence-corrected chi connectivity index (χ0v) is 16.0. The van der Waals surface area contributed by atoms with Crippen molar-refractivity contribution in [2.45, 2.75) is 34.3 Å². The van der Waals surface area contributed by atoms with Crippen LogP contribution in [0, 0.1) is 39.3 Å². The van der Waals surface area contributed by atoms with Gasteiger partial charge < -0.3 is 14.6 Å². The molecule has 0 fully saturated rings. The van der Waals surface area contributed by atoms with E-state index in [-0.39, 0.29) is 12.4 Å². The van der Waals surface area contributed by atoms with Crippen LogP contribution in [0.5, 0.6) is 5.75 Å². The Morgan fingerprint density at radius 3 is 2.54 bits per heavy atom. The molecule has 0 unspecified atom stereocenters. The lowest BCUT2D eigenvalue weighted by molar-refractivity contribution is 0.102. The Bertz CT molecular complexity index is 1020. The molecular formula is C21H20F2N2O3. The highest BCUT2D eigenvalue weighted by atomic mass is 19.2. The van der Waals surface area contributed by atoms with Gasteiger partial charge in [-0.2, -0.15) is 4.39 Å². The van der Waals surface area contributed by atoms with Crippen molar-refractivity contribution in [3.05, 3.63) is 75.7 Å². The number of aromatic nitrogens is 1. The van der Waals surface area contributed by atoms with Crippen molar-refractivity contribution in [1.29, 1.82) is 0 Å². The molecule has 0 saturated heterocycles. The summed E-state index contributed by atoms with van der Waals surface area (Å²) in [6, 6.07) is 7.81. The molecule has 1 amide bonds. The van der Waals surface area contributed by atoms with Gasteiger partial charge >= 0.3 is 0 Å². The zero-order chi connectivity index (χ0) is 20.4. The number of anilines is 1. The highest BCUT2D eigenvalue weighted by Gasteiger charge is 2.21. The number of amides is 1. The first kappa shape index (κ1) is 19.5. The van der Waals surface area contributed by atoms with E-state index in [4.69, 9.17) is 9.26 Å². The highest BCUT2D eigenvalue weighted by molar-refractivity contribution is 6.05. The monoisotopic (exact) mass is 386 g/mol. The third kappa shape index (κ3) is 3.74.